The second-order valence-corrected chi connectivity index (χ2v) is 6.69. The number of rotatable bonds is 6. The summed E-state index contributed by atoms with van der Waals surface area (Å²) in [6, 6.07) is 7.19. The molecule has 0 spiro atoms. The Kier molecular flexibility index (Phi) is 7.73. The van der Waals surface area contributed by atoms with Crippen LogP contribution in [0.2, 0.25) is 0 Å². The van der Waals surface area contributed by atoms with Crippen molar-refractivity contribution in [2.24, 2.45) is 11.1 Å². The number of benzene rings is 1. The number of hydrogen-bond acceptors (Lipinski definition) is 5. The smallest absolute Gasteiger partial charge is 0.226 e. The quantitative estimate of drug-likeness (QED) is 0.608. The summed E-state index contributed by atoms with van der Waals surface area (Å²) < 4.78 is 0. The van der Waals surface area contributed by atoms with Gasteiger partial charge in [0, 0.05) is 29.6 Å². The molecule has 2 amide bonds. The SMILES string of the molecule is CC(C)(C)C(=O)NCCC(=O)Nc1ccc(-c2n[nH]c(CN)n2)cc1.Cl. The zero-order valence-electron chi connectivity index (χ0n) is 15.1. The van der Waals surface area contributed by atoms with Gasteiger partial charge in [0.15, 0.2) is 5.82 Å². The van der Waals surface area contributed by atoms with Gasteiger partial charge in [-0.15, -0.1) is 12.4 Å². The van der Waals surface area contributed by atoms with Crippen LogP contribution in [0.3, 0.4) is 0 Å². The lowest BCUT2D eigenvalue weighted by molar-refractivity contribution is -0.128. The lowest BCUT2D eigenvalue weighted by Gasteiger charge is -2.17. The molecule has 1 aromatic heterocycles. The van der Waals surface area contributed by atoms with E-state index in [0.717, 1.165) is 5.56 Å². The Hall–Kier alpha value is -2.45. The fourth-order valence-corrected chi connectivity index (χ4v) is 2.00. The molecule has 0 fully saturated rings. The second kappa shape index (κ2) is 9.30. The summed E-state index contributed by atoms with van der Waals surface area (Å²) in [5.74, 6) is 0.936. The van der Waals surface area contributed by atoms with Crippen molar-refractivity contribution in [3.63, 3.8) is 0 Å². The normalized spacial score (nSPS) is 10.8. The Labute approximate surface area is 158 Å². The third kappa shape index (κ3) is 6.12. The molecule has 5 N–H and O–H groups in total. The Morgan fingerprint density at radius 2 is 1.85 bits per heavy atom. The molecule has 0 atom stereocenters. The fraction of sp³-hybridized carbons (Fsp3) is 0.412. The van der Waals surface area contributed by atoms with Gasteiger partial charge in [0.25, 0.3) is 0 Å². The molecule has 0 aliphatic heterocycles. The number of nitrogens with one attached hydrogen (secondary N) is 3. The molecule has 9 heteroatoms. The van der Waals surface area contributed by atoms with E-state index in [2.05, 4.69) is 25.8 Å². The molecule has 1 aromatic carbocycles. The molecule has 2 rings (SSSR count). The number of aromatic amines is 1. The van der Waals surface area contributed by atoms with Crippen LogP contribution in [-0.4, -0.2) is 33.5 Å². The molecular formula is C17H25ClN6O2. The first kappa shape index (κ1) is 21.6. The number of halogens is 1. The molecule has 8 nitrogen and oxygen atoms in total. The minimum absolute atomic E-state index is 0. The standard InChI is InChI=1S/C17H24N6O2.ClH/c1-17(2,3)16(25)19-9-8-14(24)20-12-6-4-11(5-7-12)15-21-13(10-18)22-23-15;/h4-7H,8-10,18H2,1-3H3,(H,19,25)(H,20,24)(H,21,22,23);1H. The van der Waals surface area contributed by atoms with Crippen molar-refractivity contribution in [3.05, 3.63) is 30.1 Å². The number of amides is 2. The van der Waals surface area contributed by atoms with E-state index in [1.54, 1.807) is 12.1 Å². The zero-order valence-corrected chi connectivity index (χ0v) is 15.9. The largest absolute Gasteiger partial charge is 0.355 e. The first-order valence-electron chi connectivity index (χ1n) is 8.09. The predicted molar refractivity (Wildman–Crippen MR) is 103 cm³/mol. The van der Waals surface area contributed by atoms with Gasteiger partial charge in [-0.2, -0.15) is 5.10 Å². The zero-order chi connectivity index (χ0) is 18.4. The molecule has 142 valence electrons. The van der Waals surface area contributed by atoms with Crippen molar-refractivity contribution in [3.8, 4) is 11.4 Å². The summed E-state index contributed by atoms with van der Waals surface area (Å²) in [5, 5.41) is 12.4. The summed E-state index contributed by atoms with van der Waals surface area (Å²) in [5.41, 5.74) is 6.53. The van der Waals surface area contributed by atoms with Crippen molar-refractivity contribution in [2.75, 3.05) is 11.9 Å². The van der Waals surface area contributed by atoms with Crippen LogP contribution in [0, 0.1) is 5.41 Å². The van der Waals surface area contributed by atoms with Crippen molar-refractivity contribution in [1.82, 2.24) is 20.5 Å². The molecule has 0 bridgehead atoms. The highest BCUT2D eigenvalue weighted by atomic mass is 35.5. The number of H-pyrrole nitrogens is 1. The molecule has 1 heterocycles. The highest BCUT2D eigenvalue weighted by molar-refractivity contribution is 5.91. The van der Waals surface area contributed by atoms with Crippen LogP contribution in [0.5, 0.6) is 0 Å². The molecule has 0 aliphatic rings. The van der Waals surface area contributed by atoms with E-state index in [1.807, 2.05) is 32.9 Å². The van der Waals surface area contributed by atoms with Gasteiger partial charge in [0.1, 0.15) is 5.82 Å². The average Bonchev–Trinajstić information content (AvgIpc) is 3.03. The van der Waals surface area contributed by atoms with Gasteiger partial charge in [-0.25, -0.2) is 4.98 Å². The number of anilines is 1. The lowest BCUT2D eigenvalue weighted by Crippen LogP contribution is -2.36. The fourth-order valence-electron chi connectivity index (χ4n) is 2.00. The highest BCUT2D eigenvalue weighted by Gasteiger charge is 2.20. The monoisotopic (exact) mass is 380 g/mol. The molecule has 2 aromatic rings. The molecule has 0 aliphatic carbocycles. The van der Waals surface area contributed by atoms with E-state index in [0.29, 0.717) is 30.4 Å². The molecule has 26 heavy (non-hydrogen) atoms. The van der Waals surface area contributed by atoms with E-state index < -0.39 is 5.41 Å². The average molecular weight is 381 g/mol. The van der Waals surface area contributed by atoms with E-state index in [1.165, 1.54) is 0 Å². The number of hydrogen-bond donors (Lipinski definition) is 4. The molecular weight excluding hydrogens is 356 g/mol. The van der Waals surface area contributed by atoms with Crippen LogP contribution in [0.4, 0.5) is 5.69 Å². The minimum Gasteiger partial charge on any atom is -0.355 e. The predicted octanol–water partition coefficient (Wildman–Crippen LogP) is 1.84. The summed E-state index contributed by atoms with van der Waals surface area (Å²) in [7, 11) is 0. The van der Waals surface area contributed by atoms with Crippen LogP contribution in [0.25, 0.3) is 11.4 Å². The topological polar surface area (TPSA) is 126 Å². The summed E-state index contributed by atoms with van der Waals surface area (Å²) in [6.07, 6.45) is 0.213. The number of carbonyl (C=O) groups is 2. The maximum Gasteiger partial charge on any atom is 0.226 e. The van der Waals surface area contributed by atoms with Crippen molar-refractivity contribution < 1.29 is 9.59 Å². The summed E-state index contributed by atoms with van der Waals surface area (Å²) in [6.45, 7) is 6.09. The van der Waals surface area contributed by atoms with Gasteiger partial charge in [-0.1, -0.05) is 20.8 Å². The Morgan fingerprint density at radius 3 is 2.38 bits per heavy atom. The molecule has 0 saturated carbocycles. The van der Waals surface area contributed by atoms with Crippen LogP contribution < -0.4 is 16.4 Å². The van der Waals surface area contributed by atoms with Gasteiger partial charge in [0.05, 0.1) is 6.54 Å². The first-order valence-corrected chi connectivity index (χ1v) is 8.09. The number of aromatic nitrogens is 3. The summed E-state index contributed by atoms with van der Waals surface area (Å²) in [4.78, 5) is 27.9. The Bertz CT molecular complexity index is 736. The van der Waals surface area contributed by atoms with Gasteiger partial charge in [0.2, 0.25) is 11.8 Å². The van der Waals surface area contributed by atoms with Crippen LogP contribution >= 0.6 is 12.4 Å². The van der Waals surface area contributed by atoms with Gasteiger partial charge in [-0.3, -0.25) is 14.7 Å². The van der Waals surface area contributed by atoms with Gasteiger partial charge >= 0.3 is 0 Å². The van der Waals surface area contributed by atoms with E-state index in [9.17, 15) is 9.59 Å². The minimum atomic E-state index is -0.462. The van der Waals surface area contributed by atoms with E-state index in [-0.39, 0.29) is 30.6 Å². The maximum absolute atomic E-state index is 11.9. The number of carbonyl (C=O) groups excluding carboxylic acids is 2. The van der Waals surface area contributed by atoms with Crippen molar-refractivity contribution >= 4 is 29.9 Å². The number of nitrogens with two attached hydrogens (primary N) is 1. The van der Waals surface area contributed by atoms with E-state index >= 15 is 0 Å². The van der Waals surface area contributed by atoms with Crippen molar-refractivity contribution in [2.45, 2.75) is 33.7 Å². The van der Waals surface area contributed by atoms with Crippen LogP contribution in [0.1, 0.15) is 33.0 Å². The summed E-state index contributed by atoms with van der Waals surface area (Å²) >= 11 is 0. The Morgan fingerprint density at radius 1 is 1.19 bits per heavy atom. The molecule has 0 unspecified atom stereocenters. The number of nitrogens with zero attached hydrogens (tertiary/aromatic N) is 2. The Balaban J connectivity index is 0.00000338. The molecule has 0 saturated heterocycles. The third-order valence-corrected chi connectivity index (χ3v) is 3.47. The lowest BCUT2D eigenvalue weighted by atomic mass is 9.96. The highest BCUT2D eigenvalue weighted by Crippen LogP contribution is 2.18. The molecule has 0 radical (unpaired) electrons. The van der Waals surface area contributed by atoms with Crippen LogP contribution in [-0.2, 0) is 16.1 Å². The maximum atomic E-state index is 11.9. The third-order valence-electron chi connectivity index (χ3n) is 3.47. The van der Waals surface area contributed by atoms with Crippen molar-refractivity contribution in [1.29, 1.82) is 0 Å². The van der Waals surface area contributed by atoms with Crippen LogP contribution in [0.15, 0.2) is 24.3 Å². The second-order valence-electron chi connectivity index (χ2n) is 6.69. The van der Waals surface area contributed by atoms with E-state index in [4.69, 9.17) is 5.73 Å². The van der Waals surface area contributed by atoms with Gasteiger partial charge in [-0.05, 0) is 24.3 Å². The van der Waals surface area contributed by atoms with Gasteiger partial charge < -0.3 is 16.4 Å². The first-order chi connectivity index (χ1) is 11.8.